The highest BCUT2D eigenvalue weighted by Gasteiger charge is 2.16. The van der Waals surface area contributed by atoms with Crippen LogP contribution in [-0.4, -0.2) is 25.9 Å². The highest BCUT2D eigenvalue weighted by atomic mass is 79.9. The fraction of sp³-hybridized carbons (Fsp3) is 0.429. The fourth-order valence-corrected chi connectivity index (χ4v) is 3.84. The molecule has 4 nitrogen and oxygen atoms in total. The monoisotopic (exact) mass is 487 g/mol. The van der Waals surface area contributed by atoms with Gasteiger partial charge in [0.1, 0.15) is 6.61 Å². The van der Waals surface area contributed by atoms with Gasteiger partial charge in [0.15, 0.2) is 11.5 Å². The minimum Gasteiger partial charge on any atom is -0.490 e. The zero-order valence-corrected chi connectivity index (χ0v) is 18.9. The Kier molecular flexibility index (Phi) is 8.30. The lowest BCUT2D eigenvalue weighted by Gasteiger charge is -2.16. The first kappa shape index (κ1) is 21.7. The largest absolute Gasteiger partial charge is 0.490 e. The lowest BCUT2D eigenvalue weighted by molar-refractivity contribution is 0.110. The molecule has 0 aliphatic carbocycles. The van der Waals surface area contributed by atoms with Crippen molar-refractivity contribution in [3.05, 3.63) is 56.0 Å². The molecule has 1 N–H and O–H groups in total. The number of hydrogen-bond donors (Lipinski definition) is 1. The van der Waals surface area contributed by atoms with Crippen LogP contribution >= 0.6 is 39.1 Å². The van der Waals surface area contributed by atoms with Crippen LogP contribution in [0.25, 0.3) is 0 Å². The summed E-state index contributed by atoms with van der Waals surface area (Å²) in [6, 6.07) is 9.44. The Bertz CT molecular complexity index is 797. The third-order valence-corrected chi connectivity index (χ3v) is 5.98. The average Bonchev–Trinajstić information content (AvgIpc) is 3.19. The summed E-state index contributed by atoms with van der Waals surface area (Å²) in [7, 11) is 0. The minimum atomic E-state index is 0.318. The molecule has 1 atom stereocenters. The Balaban J connectivity index is 1.65. The second kappa shape index (κ2) is 10.7. The molecule has 0 radical (unpaired) electrons. The molecular weight excluding hydrogens is 465 g/mol. The molecule has 3 rings (SSSR count). The third-order valence-electron chi connectivity index (χ3n) is 4.50. The van der Waals surface area contributed by atoms with Gasteiger partial charge in [0.2, 0.25) is 0 Å². The Labute approximate surface area is 184 Å². The summed E-state index contributed by atoms with van der Waals surface area (Å²) >= 11 is 15.7. The molecule has 0 bridgehead atoms. The van der Waals surface area contributed by atoms with E-state index in [9.17, 15) is 0 Å². The molecule has 1 aliphatic rings. The third kappa shape index (κ3) is 6.01. The van der Waals surface area contributed by atoms with Crippen molar-refractivity contribution in [3.8, 4) is 11.5 Å². The minimum absolute atomic E-state index is 0.318. The second-order valence-electron chi connectivity index (χ2n) is 6.63. The Hall–Kier alpha value is -0.980. The molecule has 1 heterocycles. The van der Waals surface area contributed by atoms with Crippen LogP contribution in [0.15, 0.2) is 34.8 Å². The smallest absolute Gasteiger partial charge is 0.162 e. The number of ether oxygens (including phenoxy) is 3. The summed E-state index contributed by atoms with van der Waals surface area (Å²) in [5.74, 6) is 1.40. The van der Waals surface area contributed by atoms with E-state index < -0.39 is 0 Å². The van der Waals surface area contributed by atoms with Gasteiger partial charge < -0.3 is 19.5 Å². The first-order valence-corrected chi connectivity index (χ1v) is 11.0. The summed E-state index contributed by atoms with van der Waals surface area (Å²) in [5, 5.41) is 4.51. The molecule has 1 saturated heterocycles. The summed E-state index contributed by atoms with van der Waals surface area (Å²) < 4.78 is 18.4. The van der Waals surface area contributed by atoms with Crippen molar-refractivity contribution in [3.63, 3.8) is 0 Å². The van der Waals surface area contributed by atoms with Crippen LogP contribution < -0.4 is 14.8 Å². The number of halogens is 3. The Morgan fingerprint density at radius 2 is 1.96 bits per heavy atom. The van der Waals surface area contributed by atoms with E-state index >= 15 is 0 Å². The van der Waals surface area contributed by atoms with Crippen LogP contribution in [-0.2, 0) is 17.9 Å². The average molecular weight is 489 g/mol. The molecule has 0 amide bonds. The topological polar surface area (TPSA) is 39.7 Å². The van der Waals surface area contributed by atoms with E-state index in [1.165, 1.54) is 0 Å². The van der Waals surface area contributed by atoms with Gasteiger partial charge in [0, 0.05) is 24.2 Å². The van der Waals surface area contributed by atoms with Crippen molar-refractivity contribution in [2.75, 3.05) is 19.8 Å². The predicted molar refractivity (Wildman–Crippen MR) is 117 cm³/mol. The zero-order chi connectivity index (χ0) is 19.9. The van der Waals surface area contributed by atoms with E-state index in [-0.39, 0.29) is 0 Å². The zero-order valence-electron chi connectivity index (χ0n) is 15.8. The van der Waals surface area contributed by atoms with Crippen molar-refractivity contribution in [2.24, 2.45) is 0 Å². The maximum Gasteiger partial charge on any atom is 0.162 e. The fourth-order valence-electron chi connectivity index (χ4n) is 3.06. The van der Waals surface area contributed by atoms with Crippen LogP contribution in [0.3, 0.4) is 0 Å². The Morgan fingerprint density at radius 1 is 1.14 bits per heavy atom. The van der Waals surface area contributed by atoms with E-state index in [0.717, 1.165) is 53.9 Å². The quantitative estimate of drug-likeness (QED) is 0.469. The first-order chi connectivity index (χ1) is 13.6. The molecule has 1 fully saturated rings. The normalized spacial score (nSPS) is 16.4. The molecule has 152 valence electrons. The molecule has 1 aliphatic heterocycles. The molecule has 0 saturated carbocycles. The lowest BCUT2D eigenvalue weighted by atomic mass is 10.2. The van der Waals surface area contributed by atoms with Crippen LogP contribution in [0.1, 0.15) is 30.9 Å². The van der Waals surface area contributed by atoms with Crippen LogP contribution in [0.5, 0.6) is 11.5 Å². The predicted octanol–water partition coefficient (Wildman–Crippen LogP) is 6.00. The van der Waals surface area contributed by atoms with Gasteiger partial charge in [-0.1, -0.05) is 45.2 Å². The summed E-state index contributed by atoms with van der Waals surface area (Å²) in [5.41, 5.74) is 2.05. The van der Waals surface area contributed by atoms with Crippen molar-refractivity contribution in [2.45, 2.75) is 39.0 Å². The van der Waals surface area contributed by atoms with Crippen LogP contribution in [0.4, 0.5) is 0 Å². The SMILES string of the molecule is CCOc1cc(CNCC2CCCO2)c(Br)cc1OCc1ccc(Cl)c(Cl)c1. The second-order valence-corrected chi connectivity index (χ2v) is 8.30. The van der Waals surface area contributed by atoms with Crippen molar-refractivity contribution in [1.82, 2.24) is 5.32 Å². The number of nitrogens with one attached hydrogen (secondary N) is 1. The molecular formula is C21H24BrCl2NO3. The maximum absolute atomic E-state index is 6.08. The first-order valence-electron chi connectivity index (χ1n) is 9.41. The van der Waals surface area contributed by atoms with E-state index in [1.54, 1.807) is 6.07 Å². The van der Waals surface area contributed by atoms with Crippen molar-refractivity contribution in [1.29, 1.82) is 0 Å². The van der Waals surface area contributed by atoms with Crippen LogP contribution in [0.2, 0.25) is 10.0 Å². The summed E-state index contributed by atoms with van der Waals surface area (Å²) in [4.78, 5) is 0. The summed E-state index contributed by atoms with van der Waals surface area (Å²) in [6.45, 7) is 5.35. The molecule has 1 unspecified atom stereocenters. The molecule has 0 aromatic heterocycles. The van der Waals surface area contributed by atoms with E-state index in [1.807, 2.05) is 31.2 Å². The van der Waals surface area contributed by atoms with Crippen molar-refractivity contribution >= 4 is 39.1 Å². The van der Waals surface area contributed by atoms with Gasteiger partial charge in [-0.05, 0) is 55.2 Å². The van der Waals surface area contributed by atoms with Gasteiger partial charge >= 0.3 is 0 Å². The molecule has 0 spiro atoms. The van der Waals surface area contributed by atoms with Crippen molar-refractivity contribution < 1.29 is 14.2 Å². The van der Waals surface area contributed by atoms with Gasteiger partial charge in [-0.3, -0.25) is 0 Å². The van der Waals surface area contributed by atoms with Gasteiger partial charge in [-0.15, -0.1) is 0 Å². The summed E-state index contributed by atoms with van der Waals surface area (Å²) in [6.07, 6.45) is 2.59. The number of rotatable bonds is 9. The number of hydrogen-bond acceptors (Lipinski definition) is 4. The van der Waals surface area contributed by atoms with E-state index in [2.05, 4.69) is 21.2 Å². The van der Waals surface area contributed by atoms with Gasteiger partial charge in [-0.25, -0.2) is 0 Å². The van der Waals surface area contributed by atoms with Gasteiger partial charge in [-0.2, -0.15) is 0 Å². The molecule has 7 heteroatoms. The van der Waals surface area contributed by atoms with E-state index in [4.69, 9.17) is 37.4 Å². The molecule has 2 aromatic carbocycles. The van der Waals surface area contributed by atoms with E-state index in [0.29, 0.717) is 35.1 Å². The van der Waals surface area contributed by atoms with Crippen LogP contribution in [0, 0.1) is 0 Å². The molecule has 2 aromatic rings. The van der Waals surface area contributed by atoms with Gasteiger partial charge in [0.05, 0.1) is 22.8 Å². The standard InChI is InChI=1S/C21H24BrCl2NO3/c1-2-26-20-9-15(11-25-12-16-4-3-7-27-16)17(22)10-21(20)28-13-14-5-6-18(23)19(24)8-14/h5-6,8-10,16,25H,2-4,7,11-13H2,1H3. The highest BCUT2D eigenvalue weighted by Crippen LogP contribution is 2.35. The van der Waals surface area contributed by atoms with Gasteiger partial charge in [0.25, 0.3) is 0 Å². The maximum atomic E-state index is 6.08. The Morgan fingerprint density at radius 3 is 2.68 bits per heavy atom. The number of benzene rings is 2. The molecule has 28 heavy (non-hydrogen) atoms. The lowest BCUT2D eigenvalue weighted by Crippen LogP contribution is -2.25. The highest BCUT2D eigenvalue weighted by molar-refractivity contribution is 9.10.